The van der Waals surface area contributed by atoms with Gasteiger partial charge in [0.1, 0.15) is 11.5 Å². The van der Waals surface area contributed by atoms with E-state index in [2.05, 4.69) is 15.7 Å². The van der Waals surface area contributed by atoms with E-state index >= 15 is 0 Å². The molecular formula is C23H27ClN4O2. The number of aryl methyl sites for hydroxylation is 1. The van der Waals surface area contributed by atoms with Gasteiger partial charge in [0.15, 0.2) is 0 Å². The Morgan fingerprint density at radius 2 is 1.83 bits per heavy atom. The fourth-order valence-corrected chi connectivity index (χ4v) is 3.79. The molecule has 0 spiro atoms. The number of aromatic nitrogens is 2. The Bertz CT molecular complexity index is 959. The molecule has 1 amide bonds. The predicted octanol–water partition coefficient (Wildman–Crippen LogP) is 3.81. The van der Waals surface area contributed by atoms with Gasteiger partial charge < -0.3 is 15.4 Å². The van der Waals surface area contributed by atoms with Crippen LogP contribution < -0.4 is 15.4 Å². The second-order valence-corrected chi connectivity index (χ2v) is 7.53. The maximum absolute atomic E-state index is 12.9. The van der Waals surface area contributed by atoms with E-state index in [1.807, 2.05) is 81.0 Å². The molecule has 6 nitrogen and oxygen atoms in total. The van der Waals surface area contributed by atoms with Crippen molar-refractivity contribution in [2.75, 3.05) is 13.1 Å². The molecule has 0 saturated carbocycles. The van der Waals surface area contributed by atoms with Crippen LogP contribution in [-0.2, 0) is 11.8 Å². The Labute approximate surface area is 183 Å². The van der Waals surface area contributed by atoms with Crippen molar-refractivity contribution < 1.29 is 9.53 Å². The second-order valence-electron chi connectivity index (χ2n) is 7.53. The van der Waals surface area contributed by atoms with E-state index in [9.17, 15) is 4.79 Å². The zero-order chi connectivity index (χ0) is 20.2. The lowest BCUT2D eigenvalue weighted by Crippen LogP contribution is -2.35. The molecule has 0 aliphatic carbocycles. The van der Waals surface area contributed by atoms with Gasteiger partial charge in [-0.05, 0) is 42.3 Å². The topological polar surface area (TPSA) is 68.2 Å². The Balaban J connectivity index is 0.00000256. The number of nitrogens with zero attached hydrogens (tertiary/aromatic N) is 2. The quantitative estimate of drug-likeness (QED) is 0.628. The smallest absolute Gasteiger partial charge is 0.225 e. The van der Waals surface area contributed by atoms with Crippen LogP contribution in [0.4, 0.5) is 0 Å². The molecule has 1 aliphatic heterocycles. The van der Waals surface area contributed by atoms with Gasteiger partial charge in [-0.3, -0.25) is 9.48 Å². The molecule has 2 N–H and O–H groups in total. The van der Waals surface area contributed by atoms with Crippen molar-refractivity contribution in [3.8, 4) is 11.5 Å². The van der Waals surface area contributed by atoms with Gasteiger partial charge in [0, 0.05) is 32.3 Å². The van der Waals surface area contributed by atoms with Crippen LogP contribution in [0.3, 0.4) is 0 Å². The third kappa shape index (κ3) is 5.01. The summed E-state index contributed by atoms with van der Waals surface area (Å²) in [5.41, 5.74) is 2.15. The molecule has 1 fully saturated rings. The summed E-state index contributed by atoms with van der Waals surface area (Å²) in [6.07, 6.45) is 3.85. The number of carbonyl (C=O) groups excluding carboxylic acids is 1. The molecule has 7 heteroatoms. The summed E-state index contributed by atoms with van der Waals surface area (Å²) in [6, 6.07) is 17.5. The minimum absolute atomic E-state index is 0. The molecule has 0 bridgehead atoms. The average molecular weight is 427 g/mol. The van der Waals surface area contributed by atoms with Crippen molar-refractivity contribution in [3.05, 3.63) is 78.1 Å². The Morgan fingerprint density at radius 3 is 2.50 bits per heavy atom. The van der Waals surface area contributed by atoms with Gasteiger partial charge in [0.25, 0.3) is 0 Å². The summed E-state index contributed by atoms with van der Waals surface area (Å²) in [5, 5.41) is 10.8. The summed E-state index contributed by atoms with van der Waals surface area (Å²) in [5.74, 6) is 1.70. The van der Waals surface area contributed by atoms with Gasteiger partial charge >= 0.3 is 0 Å². The number of amides is 1. The van der Waals surface area contributed by atoms with Crippen LogP contribution in [0.2, 0.25) is 0 Å². The van der Waals surface area contributed by atoms with Gasteiger partial charge in [-0.2, -0.15) is 5.10 Å². The number of carbonyl (C=O) groups is 1. The molecule has 1 unspecified atom stereocenters. The molecule has 0 radical (unpaired) electrons. The molecule has 158 valence electrons. The molecule has 1 aliphatic rings. The molecule has 1 aromatic heterocycles. The van der Waals surface area contributed by atoms with Crippen molar-refractivity contribution in [3.63, 3.8) is 0 Å². The lowest BCUT2D eigenvalue weighted by Gasteiger charge is -2.21. The van der Waals surface area contributed by atoms with Gasteiger partial charge in [0.05, 0.1) is 18.2 Å². The van der Waals surface area contributed by atoms with E-state index in [1.165, 1.54) is 0 Å². The van der Waals surface area contributed by atoms with Crippen molar-refractivity contribution in [1.82, 2.24) is 20.4 Å². The fraction of sp³-hybridized carbons (Fsp3) is 0.304. The highest BCUT2D eigenvalue weighted by atomic mass is 35.5. The molecular weight excluding hydrogens is 400 g/mol. The zero-order valence-corrected chi connectivity index (χ0v) is 17.9. The van der Waals surface area contributed by atoms with Crippen LogP contribution in [0.15, 0.2) is 67.0 Å². The number of ether oxygens (including phenoxy) is 1. The number of halogens is 1. The third-order valence-corrected chi connectivity index (χ3v) is 5.42. The van der Waals surface area contributed by atoms with Crippen LogP contribution in [0.25, 0.3) is 0 Å². The zero-order valence-electron chi connectivity index (χ0n) is 17.1. The maximum Gasteiger partial charge on any atom is 0.225 e. The molecule has 2 aromatic carbocycles. The summed E-state index contributed by atoms with van der Waals surface area (Å²) >= 11 is 0. The van der Waals surface area contributed by atoms with E-state index in [1.54, 1.807) is 4.68 Å². The van der Waals surface area contributed by atoms with Gasteiger partial charge in [0.2, 0.25) is 5.91 Å². The predicted molar refractivity (Wildman–Crippen MR) is 119 cm³/mol. The van der Waals surface area contributed by atoms with Gasteiger partial charge in [-0.15, -0.1) is 12.4 Å². The SMILES string of the molecule is CC(NC(=O)[C@H]1CNC[C@@H]1c1cnn(C)c1)c1ccc(Oc2ccccc2)cc1.Cl. The first-order chi connectivity index (χ1) is 14.1. The molecule has 1 saturated heterocycles. The molecule has 3 aromatic rings. The third-order valence-electron chi connectivity index (χ3n) is 5.42. The number of rotatable bonds is 6. The van der Waals surface area contributed by atoms with E-state index in [4.69, 9.17) is 4.74 Å². The van der Waals surface area contributed by atoms with E-state index in [0.29, 0.717) is 6.54 Å². The van der Waals surface area contributed by atoms with Crippen LogP contribution in [0, 0.1) is 5.92 Å². The Hall–Kier alpha value is -2.83. The Kier molecular flexibility index (Phi) is 7.13. The molecule has 3 atom stereocenters. The van der Waals surface area contributed by atoms with E-state index in [0.717, 1.165) is 29.2 Å². The average Bonchev–Trinajstić information content (AvgIpc) is 3.38. The highest BCUT2D eigenvalue weighted by Crippen LogP contribution is 2.29. The molecule has 2 heterocycles. The van der Waals surface area contributed by atoms with E-state index < -0.39 is 0 Å². The van der Waals surface area contributed by atoms with E-state index in [-0.39, 0.29) is 36.2 Å². The summed E-state index contributed by atoms with van der Waals surface area (Å²) < 4.78 is 7.62. The number of benzene rings is 2. The lowest BCUT2D eigenvalue weighted by atomic mass is 9.90. The highest BCUT2D eigenvalue weighted by molar-refractivity contribution is 5.85. The minimum atomic E-state index is -0.0951. The maximum atomic E-state index is 12.9. The first-order valence-corrected chi connectivity index (χ1v) is 9.92. The van der Waals surface area contributed by atoms with Crippen molar-refractivity contribution in [1.29, 1.82) is 0 Å². The first-order valence-electron chi connectivity index (χ1n) is 9.92. The standard InChI is InChI=1S/C23H26N4O2.ClH/c1-16(17-8-10-20(11-9-17)29-19-6-4-3-5-7-19)26-23(28)22-14-24-13-21(22)18-12-25-27(2)15-18;/h3-12,15-16,21-22,24H,13-14H2,1-2H3,(H,26,28);1H/t16?,21-,22+;/m1./s1. The summed E-state index contributed by atoms with van der Waals surface area (Å²) in [6.45, 7) is 3.48. The second kappa shape index (κ2) is 9.78. The first kappa shape index (κ1) is 21.9. The minimum Gasteiger partial charge on any atom is -0.457 e. The van der Waals surface area contributed by atoms with Crippen LogP contribution in [-0.4, -0.2) is 28.8 Å². The van der Waals surface area contributed by atoms with Crippen molar-refractivity contribution >= 4 is 18.3 Å². The molecule has 30 heavy (non-hydrogen) atoms. The lowest BCUT2D eigenvalue weighted by molar-refractivity contribution is -0.125. The fourth-order valence-electron chi connectivity index (χ4n) is 3.79. The number of hydrogen-bond acceptors (Lipinski definition) is 4. The normalized spacial score (nSPS) is 19.0. The van der Waals surface area contributed by atoms with Crippen LogP contribution in [0.5, 0.6) is 11.5 Å². The highest BCUT2D eigenvalue weighted by Gasteiger charge is 2.35. The molecule has 4 rings (SSSR count). The number of hydrogen-bond donors (Lipinski definition) is 2. The van der Waals surface area contributed by atoms with Crippen molar-refractivity contribution in [2.24, 2.45) is 13.0 Å². The van der Waals surface area contributed by atoms with Crippen molar-refractivity contribution in [2.45, 2.75) is 18.9 Å². The van der Waals surface area contributed by atoms with Crippen LogP contribution in [0.1, 0.15) is 30.0 Å². The van der Waals surface area contributed by atoms with Crippen LogP contribution >= 0.6 is 12.4 Å². The Morgan fingerprint density at radius 1 is 1.13 bits per heavy atom. The number of para-hydroxylation sites is 1. The summed E-state index contributed by atoms with van der Waals surface area (Å²) in [4.78, 5) is 12.9. The van der Waals surface area contributed by atoms with Gasteiger partial charge in [-0.25, -0.2) is 0 Å². The van der Waals surface area contributed by atoms with Gasteiger partial charge in [-0.1, -0.05) is 30.3 Å². The monoisotopic (exact) mass is 426 g/mol. The largest absolute Gasteiger partial charge is 0.457 e. The summed E-state index contributed by atoms with van der Waals surface area (Å²) in [7, 11) is 1.90. The number of nitrogens with one attached hydrogen (secondary N) is 2.